The highest BCUT2D eigenvalue weighted by Gasteiger charge is 2.27. The van der Waals surface area contributed by atoms with E-state index in [0.717, 1.165) is 9.26 Å². The Balaban J connectivity index is 2.17. The molecule has 0 atom stereocenters. The van der Waals surface area contributed by atoms with Gasteiger partial charge in [0.1, 0.15) is 6.61 Å². The van der Waals surface area contributed by atoms with Crippen molar-refractivity contribution in [3.63, 3.8) is 0 Å². The van der Waals surface area contributed by atoms with Crippen molar-refractivity contribution in [1.82, 2.24) is 0 Å². The van der Waals surface area contributed by atoms with Crippen molar-refractivity contribution in [2.24, 2.45) is 0 Å². The van der Waals surface area contributed by atoms with Crippen LogP contribution < -0.4 is 5.32 Å². The van der Waals surface area contributed by atoms with Crippen molar-refractivity contribution in [2.75, 3.05) is 25.1 Å². The number of anilines is 1. The molecule has 6 heteroatoms. The molecule has 0 fully saturated rings. The first kappa shape index (κ1) is 13.6. The molecule has 0 aliphatic heterocycles. The third-order valence-electron chi connectivity index (χ3n) is 1.67. The summed E-state index contributed by atoms with van der Waals surface area (Å²) in [5.41, 5.74) is 0.877. The van der Waals surface area contributed by atoms with E-state index in [0.29, 0.717) is 6.54 Å². The van der Waals surface area contributed by atoms with Gasteiger partial charge in [0.2, 0.25) is 0 Å². The molecule has 0 saturated carbocycles. The number of rotatable bonds is 5. The number of nitrogens with one attached hydrogen (secondary N) is 1. The van der Waals surface area contributed by atoms with Crippen molar-refractivity contribution in [3.05, 3.63) is 27.8 Å². The highest BCUT2D eigenvalue weighted by Crippen LogP contribution is 2.14. The van der Waals surface area contributed by atoms with Gasteiger partial charge in [0.15, 0.2) is 0 Å². The van der Waals surface area contributed by atoms with Crippen molar-refractivity contribution in [3.8, 4) is 0 Å². The minimum absolute atomic E-state index is 0.0327. The summed E-state index contributed by atoms with van der Waals surface area (Å²) in [6, 6.07) is 7.57. The molecule has 0 amide bonds. The van der Waals surface area contributed by atoms with Crippen LogP contribution in [0.25, 0.3) is 0 Å². The summed E-state index contributed by atoms with van der Waals surface area (Å²) in [4.78, 5) is 0. The van der Waals surface area contributed by atoms with Crippen LogP contribution in [0.2, 0.25) is 0 Å². The van der Waals surface area contributed by atoms with Crippen LogP contribution in [0.3, 0.4) is 0 Å². The molecule has 0 aromatic heterocycles. The maximum absolute atomic E-state index is 11.7. The molecule has 0 unspecified atom stereocenters. The topological polar surface area (TPSA) is 21.3 Å². The minimum atomic E-state index is -4.25. The molecule has 0 aliphatic rings. The molecule has 16 heavy (non-hydrogen) atoms. The van der Waals surface area contributed by atoms with Crippen LogP contribution in [0.5, 0.6) is 0 Å². The van der Waals surface area contributed by atoms with E-state index in [9.17, 15) is 13.2 Å². The van der Waals surface area contributed by atoms with Crippen LogP contribution in [0.4, 0.5) is 18.9 Å². The number of benzene rings is 1. The second kappa shape index (κ2) is 6.29. The number of hydrogen-bond donors (Lipinski definition) is 1. The molecule has 0 radical (unpaired) electrons. The predicted molar refractivity (Wildman–Crippen MR) is 64.5 cm³/mol. The van der Waals surface area contributed by atoms with Gasteiger partial charge in [0.05, 0.1) is 6.61 Å². The molecule has 1 rings (SSSR count). The lowest BCUT2D eigenvalue weighted by Gasteiger charge is -2.09. The minimum Gasteiger partial charge on any atom is -0.383 e. The maximum Gasteiger partial charge on any atom is 0.411 e. The standard InChI is InChI=1S/C10H11F3INO/c11-10(12,13)7-16-5-4-15-9-3-1-2-8(14)6-9/h1-3,6,15H,4-5,7H2. The SMILES string of the molecule is FC(F)(F)COCCNc1cccc(I)c1. The average Bonchev–Trinajstić information content (AvgIpc) is 2.15. The fourth-order valence-electron chi connectivity index (χ4n) is 1.05. The maximum atomic E-state index is 11.7. The van der Waals surface area contributed by atoms with E-state index in [1.165, 1.54) is 0 Å². The first-order valence-corrected chi connectivity index (χ1v) is 5.69. The Morgan fingerprint density at radius 3 is 2.69 bits per heavy atom. The molecular formula is C10H11F3INO. The quantitative estimate of drug-likeness (QED) is 0.653. The average molecular weight is 345 g/mol. The summed E-state index contributed by atoms with van der Waals surface area (Å²) in [6.07, 6.45) is -4.25. The Morgan fingerprint density at radius 2 is 2.06 bits per heavy atom. The fraction of sp³-hybridized carbons (Fsp3) is 0.400. The van der Waals surface area contributed by atoms with E-state index in [1.54, 1.807) is 0 Å². The van der Waals surface area contributed by atoms with Crippen LogP contribution in [-0.4, -0.2) is 25.9 Å². The van der Waals surface area contributed by atoms with E-state index in [2.05, 4.69) is 32.6 Å². The van der Waals surface area contributed by atoms with Gasteiger partial charge in [0.25, 0.3) is 0 Å². The van der Waals surface area contributed by atoms with Gasteiger partial charge in [0, 0.05) is 15.8 Å². The summed E-state index contributed by atoms with van der Waals surface area (Å²) in [5.74, 6) is 0. The number of halogens is 4. The Morgan fingerprint density at radius 1 is 1.31 bits per heavy atom. The lowest BCUT2D eigenvalue weighted by Crippen LogP contribution is -2.20. The molecule has 0 aliphatic carbocycles. The van der Waals surface area contributed by atoms with Crippen LogP contribution in [0, 0.1) is 3.57 Å². The van der Waals surface area contributed by atoms with Crippen molar-refractivity contribution in [2.45, 2.75) is 6.18 Å². The monoisotopic (exact) mass is 345 g/mol. The van der Waals surface area contributed by atoms with Gasteiger partial charge in [-0.15, -0.1) is 0 Å². The molecule has 0 spiro atoms. The molecule has 0 heterocycles. The smallest absolute Gasteiger partial charge is 0.383 e. The zero-order valence-electron chi connectivity index (χ0n) is 8.35. The summed E-state index contributed by atoms with van der Waals surface area (Å²) in [7, 11) is 0. The normalized spacial score (nSPS) is 11.5. The number of alkyl halides is 3. The summed E-state index contributed by atoms with van der Waals surface area (Å²) >= 11 is 2.16. The molecule has 2 nitrogen and oxygen atoms in total. The first-order chi connectivity index (χ1) is 7.47. The van der Waals surface area contributed by atoms with E-state index >= 15 is 0 Å². The molecule has 1 aromatic rings. The van der Waals surface area contributed by atoms with Gasteiger partial charge in [-0.3, -0.25) is 0 Å². The Kier molecular flexibility index (Phi) is 5.33. The zero-order valence-corrected chi connectivity index (χ0v) is 10.5. The van der Waals surface area contributed by atoms with Crippen LogP contribution in [-0.2, 0) is 4.74 Å². The molecule has 1 N–H and O–H groups in total. The van der Waals surface area contributed by atoms with Crippen LogP contribution in [0.15, 0.2) is 24.3 Å². The second-order valence-electron chi connectivity index (χ2n) is 3.10. The van der Waals surface area contributed by atoms with Gasteiger partial charge in [-0.05, 0) is 40.8 Å². The number of hydrogen-bond acceptors (Lipinski definition) is 2. The lowest BCUT2D eigenvalue weighted by molar-refractivity contribution is -0.172. The van der Waals surface area contributed by atoms with Gasteiger partial charge >= 0.3 is 6.18 Å². The molecule has 90 valence electrons. The molecular weight excluding hydrogens is 334 g/mol. The van der Waals surface area contributed by atoms with E-state index in [-0.39, 0.29) is 6.61 Å². The largest absolute Gasteiger partial charge is 0.411 e. The van der Waals surface area contributed by atoms with E-state index in [1.807, 2.05) is 24.3 Å². The lowest BCUT2D eigenvalue weighted by atomic mass is 10.3. The Hall–Kier alpha value is -0.500. The summed E-state index contributed by atoms with van der Waals surface area (Å²) < 4.78 is 40.7. The van der Waals surface area contributed by atoms with Crippen molar-refractivity contribution < 1.29 is 17.9 Å². The van der Waals surface area contributed by atoms with E-state index in [4.69, 9.17) is 0 Å². The van der Waals surface area contributed by atoms with Gasteiger partial charge in [-0.1, -0.05) is 6.07 Å². The highest BCUT2D eigenvalue weighted by molar-refractivity contribution is 14.1. The third kappa shape index (κ3) is 6.16. The third-order valence-corrected chi connectivity index (χ3v) is 2.34. The van der Waals surface area contributed by atoms with Crippen molar-refractivity contribution in [1.29, 1.82) is 0 Å². The van der Waals surface area contributed by atoms with Gasteiger partial charge in [-0.2, -0.15) is 13.2 Å². The molecule has 0 bridgehead atoms. The highest BCUT2D eigenvalue weighted by atomic mass is 127. The molecule has 1 aromatic carbocycles. The zero-order chi connectivity index (χ0) is 12.0. The summed E-state index contributed by atoms with van der Waals surface area (Å²) in [6.45, 7) is -0.803. The van der Waals surface area contributed by atoms with Crippen LogP contribution in [0.1, 0.15) is 0 Å². The van der Waals surface area contributed by atoms with Crippen LogP contribution >= 0.6 is 22.6 Å². The Bertz CT molecular complexity index is 330. The van der Waals surface area contributed by atoms with Gasteiger partial charge in [-0.25, -0.2) is 0 Å². The molecule has 0 saturated heterocycles. The number of ether oxygens (including phenoxy) is 1. The Labute approximate surface area is 105 Å². The fourth-order valence-corrected chi connectivity index (χ4v) is 1.60. The first-order valence-electron chi connectivity index (χ1n) is 4.61. The second-order valence-corrected chi connectivity index (χ2v) is 4.35. The van der Waals surface area contributed by atoms with Gasteiger partial charge < -0.3 is 10.1 Å². The van der Waals surface area contributed by atoms with Crippen molar-refractivity contribution >= 4 is 28.3 Å². The van der Waals surface area contributed by atoms with E-state index < -0.39 is 12.8 Å². The predicted octanol–water partition coefficient (Wildman–Crippen LogP) is 3.28. The summed E-state index contributed by atoms with van der Waals surface area (Å²) in [5, 5.41) is 2.97.